The zero-order chi connectivity index (χ0) is 17.6. The van der Waals surface area contributed by atoms with Crippen molar-refractivity contribution in [3.05, 3.63) is 54.1 Å². The Morgan fingerprint density at radius 3 is 2.25 bits per heavy atom. The van der Waals surface area contributed by atoms with Gasteiger partial charge in [-0.25, -0.2) is 8.42 Å². The highest BCUT2D eigenvalue weighted by atomic mass is 32.2. The van der Waals surface area contributed by atoms with E-state index in [1.54, 1.807) is 24.3 Å². The van der Waals surface area contributed by atoms with Crippen LogP contribution in [0.15, 0.2) is 48.5 Å². The molecule has 2 rings (SSSR count). The number of benzene rings is 2. The molecular formula is C17H20N2O4S. The molecule has 0 aromatic heterocycles. The summed E-state index contributed by atoms with van der Waals surface area (Å²) < 4.78 is 30.5. The van der Waals surface area contributed by atoms with Gasteiger partial charge in [-0.3, -0.25) is 9.52 Å². The van der Waals surface area contributed by atoms with E-state index in [0.29, 0.717) is 18.0 Å². The molecule has 2 aromatic rings. The van der Waals surface area contributed by atoms with Gasteiger partial charge < -0.3 is 10.1 Å². The van der Waals surface area contributed by atoms with Crippen molar-refractivity contribution < 1.29 is 17.9 Å². The van der Waals surface area contributed by atoms with Gasteiger partial charge >= 0.3 is 0 Å². The Labute approximate surface area is 141 Å². The van der Waals surface area contributed by atoms with Crippen LogP contribution in [0.2, 0.25) is 0 Å². The first-order chi connectivity index (χ1) is 11.4. The third-order valence-corrected chi connectivity index (χ3v) is 3.69. The Morgan fingerprint density at radius 1 is 1.04 bits per heavy atom. The number of nitrogens with one attached hydrogen (secondary N) is 2. The van der Waals surface area contributed by atoms with Crippen LogP contribution in [0.1, 0.15) is 12.5 Å². The maximum atomic E-state index is 12.2. The van der Waals surface area contributed by atoms with E-state index >= 15 is 0 Å². The molecule has 0 spiro atoms. The van der Waals surface area contributed by atoms with Gasteiger partial charge in [-0.15, -0.1) is 0 Å². The van der Waals surface area contributed by atoms with Gasteiger partial charge in [0.05, 0.1) is 30.7 Å². The summed E-state index contributed by atoms with van der Waals surface area (Å²) in [5, 5.41) is 2.72. The van der Waals surface area contributed by atoms with E-state index in [1.807, 2.05) is 31.2 Å². The smallest absolute Gasteiger partial charge is 0.229 e. The van der Waals surface area contributed by atoms with Crippen LogP contribution in [0, 0.1) is 0 Å². The number of rotatable bonds is 7. The Balaban J connectivity index is 2.04. The van der Waals surface area contributed by atoms with Crippen molar-refractivity contribution in [2.75, 3.05) is 22.9 Å². The molecule has 0 aliphatic heterocycles. The molecule has 128 valence electrons. The molecule has 0 aliphatic rings. The maximum Gasteiger partial charge on any atom is 0.229 e. The highest BCUT2D eigenvalue weighted by Gasteiger charge is 2.10. The van der Waals surface area contributed by atoms with Crippen molar-refractivity contribution in [3.8, 4) is 5.75 Å². The lowest BCUT2D eigenvalue weighted by Crippen LogP contribution is -2.17. The summed E-state index contributed by atoms with van der Waals surface area (Å²) in [4.78, 5) is 12.2. The number of carbonyl (C=O) groups is 1. The van der Waals surface area contributed by atoms with Gasteiger partial charge in [0.15, 0.2) is 0 Å². The lowest BCUT2D eigenvalue weighted by molar-refractivity contribution is -0.115. The Hall–Kier alpha value is -2.54. The minimum Gasteiger partial charge on any atom is -0.494 e. The summed E-state index contributed by atoms with van der Waals surface area (Å²) in [5.74, 6) is 0.520. The standard InChI is InChI=1S/C17H20N2O4S/c1-3-23-14-10-8-13(9-11-14)12-17(20)18-15-6-4-5-7-16(15)19-24(2,21)22/h4-11,19H,3,12H2,1-2H3,(H,18,20). The normalized spacial score (nSPS) is 10.9. The summed E-state index contributed by atoms with van der Waals surface area (Å²) in [7, 11) is -3.42. The minimum atomic E-state index is -3.42. The molecule has 2 N–H and O–H groups in total. The number of sulfonamides is 1. The van der Waals surface area contributed by atoms with Crippen LogP contribution in [0.5, 0.6) is 5.75 Å². The van der Waals surface area contributed by atoms with Crippen LogP contribution < -0.4 is 14.8 Å². The second-order valence-electron chi connectivity index (χ2n) is 5.22. The van der Waals surface area contributed by atoms with Gasteiger partial charge in [-0.2, -0.15) is 0 Å². The molecule has 0 atom stereocenters. The second kappa shape index (κ2) is 7.83. The van der Waals surface area contributed by atoms with E-state index in [4.69, 9.17) is 4.74 Å². The van der Waals surface area contributed by atoms with Crippen molar-refractivity contribution in [1.82, 2.24) is 0 Å². The molecule has 6 nitrogen and oxygen atoms in total. The van der Waals surface area contributed by atoms with Crippen molar-refractivity contribution >= 4 is 27.3 Å². The summed E-state index contributed by atoms with van der Waals surface area (Å²) in [6, 6.07) is 13.9. The summed E-state index contributed by atoms with van der Waals surface area (Å²) in [5.41, 5.74) is 1.59. The zero-order valence-corrected chi connectivity index (χ0v) is 14.4. The molecule has 0 aliphatic carbocycles. The fourth-order valence-corrected chi connectivity index (χ4v) is 2.71. The number of para-hydroxylation sites is 2. The highest BCUT2D eigenvalue weighted by molar-refractivity contribution is 7.92. The van der Waals surface area contributed by atoms with E-state index in [1.165, 1.54) is 0 Å². The number of anilines is 2. The van der Waals surface area contributed by atoms with Gasteiger partial charge in [-0.05, 0) is 36.8 Å². The predicted octanol–water partition coefficient (Wildman–Crippen LogP) is 2.64. The van der Waals surface area contributed by atoms with Crippen molar-refractivity contribution in [3.63, 3.8) is 0 Å². The van der Waals surface area contributed by atoms with E-state index in [0.717, 1.165) is 17.6 Å². The summed E-state index contributed by atoms with van der Waals surface area (Å²) in [6.45, 7) is 2.49. The average Bonchev–Trinajstić information content (AvgIpc) is 2.50. The molecule has 0 saturated heterocycles. The molecule has 0 heterocycles. The van der Waals surface area contributed by atoms with Crippen molar-refractivity contribution in [2.24, 2.45) is 0 Å². The molecule has 0 saturated carbocycles. The number of ether oxygens (including phenoxy) is 1. The molecule has 1 amide bonds. The zero-order valence-electron chi connectivity index (χ0n) is 13.6. The summed E-state index contributed by atoms with van der Waals surface area (Å²) >= 11 is 0. The third-order valence-electron chi connectivity index (χ3n) is 3.10. The van der Waals surface area contributed by atoms with Gasteiger partial charge in [0.25, 0.3) is 0 Å². The quantitative estimate of drug-likeness (QED) is 0.805. The fraction of sp³-hybridized carbons (Fsp3) is 0.235. The van der Waals surface area contributed by atoms with E-state index in [-0.39, 0.29) is 12.3 Å². The predicted molar refractivity (Wildman–Crippen MR) is 94.9 cm³/mol. The second-order valence-corrected chi connectivity index (χ2v) is 6.97. The molecule has 7 heteroatoms. The molecular weight excluding hydrogens is 328 g/mol. The lowest BCUT2D eigenvalue weighted by Gasteiger charge is -2.12. The van der Waals surface area contributed by atoms with Gasteiger partial charge in [-0.1, -0.05) is 24.3 Å². The van der Waals surface area contributed by atoms with Crippen LogP contribution >= 0.6 is 0 Å². The Morgan fingerprint density at radius 2 is 1.67 bits per heavy atom. The van der Waals surface area contributed by atoms with Crippen LogP contribution in [0.3, 0.4) is 0 Å². The van der Waals surface area contributed by atoms with Gasteiger partial charge in [0, 0.05) is 0 Å². The first-order valence-electron chi connectivity index (χ1n) is 7.46. The number of carbonyl (C=O) groups excluding carboxylic acids is 1. The van der Waals surface area contributed by atoms with Crippen molar-refractivity contribution in [2.45, 2.75) is 13.3 Å². The lowest BCUT2D eigenvalue weighted by atomic mass is 10.1. The molecule has 0 fully saturated rings. The molecule has 0 radical (unpaired) electrons. The Bertz CT molecular complexity index is 802. The third kappa shape index (κ3) is 5.58. The van der Waals surface area contributed by atoms with Crippen LogP contribution in [-0.2, 0) is 21.2 Å². The molecule has 24 heavy (non-hydrogen) atoms. The van der Waals surface area contributed by atoms with E-state index < -0.39 is 10.0 Å². The van der Waals surface area contributed by atoms with E-state index in [9.17, 15) is 13.2 Å². The average molecular weight is 348 g/mol. The SMILES string of the molecule is CCOc1ccc(CC(=O)Nc2ccccc2NS(C)(=O)=O)cc1. The number of hydrogen-bond acceptors (Lipinski definition) is 4. The topological polar surface area (TPSA) is 84.5 Å². The van der Waals surface area contributed by atoms with Gasteiger partial charge in [0.2, 0.25) is 15.9 Å². The first-order valence-corrected chi connectivity index (χ1v) is 9.35. The fourth-order valence-electron chi connectivity index (χ4n) is 2.13. The molecule has 2 aromatic carbocycles. The van der Waals surface area contributed by atoms with Crippen molar-refractivity contribution in [1.29, 1.82) is 0 Å². The van der Waals surface area contributed by atoms with Gasteiger partial charge in [0.1, 0.15) is 5.75 Å². The first kappa shape index (κ1) is 17.8. The van der Waals surface area contributed by atoms with Crippen LogP contribution in [-0.4, -0.2) is 27.2 Å². The molecule has 0 bridgehead atoms. The summed E-state index contributed by atoms with van der Waals surface area (Å²) in [6.07, 6.45) is 1.24. The van der Waals surface area contributed by atoms with Crippen LogP contribution in [0.4, 0.5) is 11.4 Å². The van der Waals surface area contributed by atoms with E-state index in [2.05, 4.69) is 10.0 Å². The number of hydrogen-bond donors (Lipinski definition) is 2. The number of amides is 1. The minimum absolute atomic E-state index is 0.180. The monoisotopic (exact) mass is 348 g/mol. The maximum absolute atomic E-state index is 12.2. The van der Waals surface area contributed by atoms with Crippen LogP contribution in [0.25, 0.3) is 0 Å². The largest absolute Gasteiger partial charge is 0.494 e. The molecule has 0 unspecified atom stereocenters. The Kier molecular flexibility index (Phi) is 5.81. The highest BCUT2D eigenvalue weighted by Crippen LogP contribution is 2.22.